The van der Waals surface area contributed by atoms with Crippen LogP contribution >= 0.6 is 0 Å². The van der Waals surface area contributed by atoms with Crippen LogP contribution in [-0.2, 0) is 0 Å². The molecule has 0 unspecified atom stereocenters. The lowest BCUT2D eigenvalue weighted by atomic mass is 10.1. The van der Waals surface area contributed by atoms with Crippen molar-refractivity contribution in [1.82, 2.24) is 0 Å². The summed E-state index contributed by atoms with van der Waals surface area (Å²) in [4.78, 5) is 21.2. The van der Waals surface area contributed by atoms with Gasteiger partial charge >= 0.3 is 0 Å². The normalized spacial score (nSPS) is 11.2. The molecule has 0 aliphatic heterocycles. The number of ether oxygens (including phenoxy) is 2. The van der Waals surface area contributed by atoms with E-state index in [0.717, 1.165) is 0 Å². The lowest BCUT2D eigenvalue weighted by molar-refractivity contribution is -0.385. The predicted octanol–water partition coefficient (Wildman–Crippen LogP) is 5.25. The largest absolute Gasteiger partial charge is 0.490 e. The molecule has 0 aliphatic carbocycles. The van der Waals surface area contributed by atoms with Crippen LogP contribution in [-0.4, -0.2) is 22.1 Å². The van der Waals surface area contributed by atoms with Gasteiger partial charge in [0.05, 0.1) is 22.1 Å². The number of nitrogens with zero attached hydrogens (tertiary/aromatic N) is 2. The molecule has 0 aliphatic rings. The van der Waals surface area contributed by atoms with E-state index in [1.165, 1.54) is 36.4 Å². The van der Waals surface area contributed by atoms with Gasteiger partial charge in [0.15, 0.2) is 0 Å². The number of non-ortho nitro benzene ring substituents is 2. The molecule has 0 saturated carbocycles. The number of benzene rings is 2. The average molecular weight is 386 g/mol. The van der Waals surface area contributed by atoms with E-state index in [9.17, 15) is 20.2 Å². The molecule has 2 aromatic carbocycles. The Hall–Kier alpha value is -3.42. The summed E-state index contributed by atoms with van der Waals surface area (Å²) in [7, 11) is 0. The van der Waals surface area contributed by atoms with E-state index in [0.29, 0.717) is 22.6 Å². The van der Waals surface area contributed by atoms with Crippen molar-refractivity contribution in [2.24, 2.45) is 0 Å². The second kappa shape index (κ2) is 8.98. The van der Waals surface area contributed by atoms with E-state index in [1.807, 2.05) is 27.7 Å². The predicted molar refractivity (Wildman–Crippen MR) is 107 cm³/mol. The quantitative estimate of drug-likeness (QED) is 0.349. The fourth-order valence-corrected chi connectivity index (χ4v) is 2.46. The second-order valence-corrected chi connectivity index (χ2v) is 6.63. The maximum absolute atomic E-state index is 11.1. The van der Waals surface area contributed by atoms with Crippen molar-refractivity contribution in [3.05, 3.63) is 67.8 Å². The first kappa shape index (κ1) is 20.9. The van der Waals surface area contributed by atoms with Crippen molar-refractivity contribution in [2.45, 2.75) is 39.9 Å². The molecular formula is C20H22N2O6. The molecule has 0 aromatic heterocycles. The van der Waals surface area contributed by atoms with Gasteiger partial charge in [0.1, 0.15) is 11.5 Å². The highest BCUT2D eigenvalue weighted by Crippen LogP contribution is 2.30. The summed E-state index contributed by atoms with van der Waals surface area (Å²) < 4.78 is 11.4. The number of nitro groups is 2. The summed E-state index contributed by atoms with van der Waals surface area (Å²) in [6, 6.07) is 8.61. The van der Waals surface area contributed by atoms with Crippen LogP contribution in [0.25, 0.3) is 12.2 Å². The van der Waals surface area contributed by atoms with Gasteiger partial charge in [-0.1, -0.05) is 12.2 Å². The smallest absolute Gasteiger partial charge is 0.270 e. The first-order chi connectivity index (χ1) is 13.2. The number of hydrogen-bond donors (Lipinski definition) is 0. The molecule has 0 saturated heterocycles. The van der Waals surface area contributed by atoms with Gasteiger partial charge in [-0.25, -0.2) is 0 Å². The maximum Gasteiger partial charge on any atom is 0.270 e. The molecule has 148 valence electrons. The Morgan fingerprint density at radius 1 is 0.750 bits per heavy atom. The highest BCUT2D eigenvalue weighted by Gasteiger charge is 2.14. The topological polar surface area (TPSA) is 105 Å². The van der Waals surface area contributed by atoms with E-state index in [1.54, 1.807) is 12.2 Å². The molecule has 8 nitrogen and oxygen atoms in total. The van der Waals surface area contributed by atoms with Crippen LogP contribution in [0.2, 0.25) is 0 Å². The molecular weight excluding hydrogens is 364 g/mol. The highest BCUT2D eigenvalue weighted by molar-refractivity contribution is 5.77. The molecule has 0 spiro atoms. The van der Waals surface area contributed by atoms with E-state index in [-0.39, 0.29) is 23.6 Å². The summed E-state index contributed by atoms with van der Waals surface area (Å²) >= 11 is 0. The van der Waals surface area contributed by atoms with Crippen molar-refractivity contribution in [3.63, 3.8) is 0 Å². The van der Waals surface area contributed by atoms with Gasteiger partial charge in [0, 0.05) is 35.4 Å². The van der Waals surface area contributed by atoms with Crippen LogP contribution in [0.4, 0.5) is 11.4 Å². The Morgan fingerprint density at radius 2 is 1.11 bits per heavy atom. The van der Waals surface area contributed by atoms with Crippen molar-refractivity contribution in [1.29, 1.82) is 0 Å². The van der Waals surface area contributed by atoms with E-state index >= 15 is 0 Å². The van der Waals surface area contributed by atoms with Gasteiger partial charge in [-0.05, 0) is 39.8 Å². The summed E-state index contributed by atoms with van der Waals surface area (Å²) in [5.74, 6) is 0.960. The van der Waals surface area contributed by atoms with Crippen molar-refractivity contribution >= 4 is 23.5 Å². The van der Waals surface area contributed by atoms with Crippen LogP contribution in [0.15, 0.2) is 36.4 Å². The Labute approximate surface area is 162 Å². The summed E-state index contributed by atoms with van der Waals surface area (Å²) in [6.07, 6.45) is 3.01. The molecule has 2 aromatic rings. The van der Waals surface area contributed by atoms with Gasteiger partial charge in [-0.15, -0.1) is 0 Å². The van der Waals surface area contributed by atoms with Gasteiger partial charge in [-0.3, -0.25) is 20.2 Å². The summed E-state index contributed by atoms with van der Waals surface area (Å²) in [6.45, 7) is 7.40. The minimum Gasteiger partial charge on any atom is -0.490 e. The molecule has 8 heteroatoms. The second-order valence-electron chi connectivity index (χ2n) is 6.63. The Bertz CT molecular complexity index is 832. The SMILES string of the molecule is CC(C)Oc1ccc([N+](=O)[O-])cc1/C=C/c1cc([N+](=O)[O-])ccc1OC(C)C. The number of rotatable bonds is 8. The Kier molecular flexibility index (Phi) is 6.70. The van der Waals surface area contributed by atoms with Crippen LogP contribution < -0.4 is 9.47 Å². The summed E-state index contributed by atoms with van der Waals surface area (Å²) in [5, 5.41) is 22.2. The van der Waals surface area contributed by atoms with Gasteiger partial charge in [0.2, 0.25) is 0 Å². The van der Waals surface area contributed by atoms with Crippen molar-refractivity contribution < 1.29 is 19.3 Å². The molecule has 28 heavy (non-hydrogen) atoms. The molecule has 2 rings (SSSR count). The van der Waals surface area contributed by atoms with Crippen LogP contribution in [0, 0.1) is 20.2 Å². The molecule has 0 fully saturated rings. The number of hydrogen-bond acceptors (Lipinski definition) is 6. The minimum absolute atomic E-state index is 0.0755. The third kappa shape index (κ3) is 5.54. The van der Waals surface area contributed by atoms with E-state index in [4.69, 9.17) is 9.47 Å². The zero-order valence-electron chi connectivity index (χ0n) is 16.1. The fourth-order valence-electron chi connectivity index (χ4n) is 2.46. The third-order valence-electron chi connectivity index (χ3n) is 3.58. The Balaban J connectivity index is 2.50. The first-order valence-electron chi connectivity index (χ1n) is 8.75. The van der Waals surface area contributed by atoms with Gasteiger partial charge in [-0.2, -0.15) is 0 Å². The van der Waals surface area contributed by atoms with Crippen molar-refractivity contribution in [2.75, 3.05) is 0 Å². The molecule has 0 bridgehead atoms. The van der Waals surface area contributed by atoms with Crippen LogP contribution in [0.3, 0.4) is 0 Å². The third-order valence-corrected chi connectivity index (χ3v) is 3.58. The lowest BCUT2D eigenvalue weighted by Crippen LogP contribution is -2.07. The fraction of sp³-hybridized carbons (Fsp3) is 0.300. The van der Waals surface area contributed by atoms with Crippen molar-refractivity contribution in [3.8, 4) is 11.5 Å². The van der Waals surface area contributed by atoms with Crippen LogP contribution in [0.5, 0.6) is 11.5 Å². The molecule has 0 atom stereocenters. The zero-order chi connectivity index (χ0) is 20.8. The Morgan fingerprint density at radius 3 is 1.39 bits per heavy atom. The first-order valence-corrected chi connectivity index (χ1v) is 8.75. The average Bonchev–Trinajstić information content (AvgIpc) is 2.60. The minimum atomic E-state index is -0.489. The summed E-state index contributed by atoms with van der Waals surface area (Å²) in [5.41, 5.74) is 0.830. The zero-order valence-corrected chi connectivity index (χ0v) is 16.1. The molecule has 0 heterocycles. The maximum atomic E-state index is 11.1. The van der Waals surface area contributed by atoms with Gasteiger partial charge < -0.3 is 9.47 Å². The molecule has 0 radical (unpaired) electrons. The van der Waals surface area contributed by atoms with E-state index in [2.05, 4.69) is 0 Å². The lowest BCUT2D eigenvalue weighted by Gasteiger charge is -2.13. The van der Waals surface area contributed by atoms with Crippen LogP contribution in [0.1, 0.15) is 38.8 Å². The van der Waals surface area contributed by atoms with Gasteiger partial charge in [0.25, 0.3) is 11.4 Å². The number of nitro benzene ring substituents is 2. The standard InChI is InChI=1S/C20H22N2O6/c1-13(2)27-19-9-7-17(21(23)24)11-15(19)5-6-16-12-18(22(25)26)8-10-20(16)28-14(3)4/h5-14H,1-4H3/b6-5+. The molecule has 0 amide bonds. The monoisotopic (exact) mass is 386 g/mol. The van der Waals surface area contributed by atoms with E-state index < -0.39 is 9.85 Å². The molecule has 0 N–H and O–H groups in total. The highest BCUT2D eigenvalue weighted by atomic mass is 16.6.